The van der Waals surface area contributed by atoms with Crippen LogP contribution in [0.1, 0.15) is 144 Å². The summed E-state index contributed by atoms with van der Waals surface area (Å²) < 4.78 is 0. The van der Waals surface area contributed by atoms with Crippen molar-refractivity contribution in [3.8, 4) is 23.0 Å². The van der Waals surface area contributed by atoms with E-state index < -0.39 is 0 Å². The Morgan fingerprint density at radius 2 is 0.740 bits per heavy atom. The summed E-state index contributed by atoms with van der Waals surface area (Å²) in [7, 11) is 0. The Morgan fingerprint density at radius 1 is 0.420 bits per heavy atom. The molecule has 7 rings (SSSR count). The van der Waals surface area contributed by atoms with Crippen molar-refractivity contribution in [1.82, 2.24) is 0 Å². The zero-order valence-corrected chi connectivity index (χ0v) is 29.4. The van der Waals surface area contributed by atoms with Crippen molar-refractivity contribution in [3.63, 3.8) is 0 Å². The van der Waals surface area contributed by atoms with Crippen molar-refractivity contribution >= 4 is 0 Å². The van der Waals surface area contributed by atoms with E-state index in [0.717, 1.165) is 70.2 Å². The first-order chi connectivity index (χ1) is 24.3. The van der Waals surface area contributed by atoms with E-state index in [-0.39, 0.29) is 23.3 Å². The summed E-state index contributed by atoms with van der Waals surface area (Å²) in [5, 5.41) is 42.7. The second-order valence-electron chi connectivity index (χ2n) is 14.9. The minimum absolute atomic E-state index is 0.0873. The van der Waals surface area contributed by atoms with Gasteiger partial charge in [-0.25, -0.2) is 0 Å². The van der Waals surface area contributed by atoms with Crippen LogP contribution < -0.4 is 0 Å². The van der Waals surface area contributed by atoms with Crippen LogP contribution in [0.4, 0.5) is 0 Å². The highest BCUT2D eigenvalue weighted by Gasteiger charge is 2.28. The normalized spacial score (nSPS) is 15.9. The van der Waals surface area contributed by atoms with Crippen LogP contribution in [0, 0.1) is 13.8 Å². The smallest absolute Gasteiger partial charge is 0.119 e. The quantitative estimate of drug-likeness (QED) is 0.124. The van der Waals surface area contributed by atoms with Crippen LogP contribution in [-0.2, 0) is 0 Å². The van der Waals surface area contributed by atoms with E-state index in [1.807, 2.05) is 36.4 Å². The Hall–Kier alpha value is -4.70. The first-order valence-corrected chi connectivity index (χ1v) is 18.6. The average Bonchev–Trinajstić information content (AvgIpc) is 3.13. The van der Waals surface area contributed by atoms with Crippen LogP contribution in [0.15, 0.2) is 97.1 Å². The third-order valence-corrected chi connectivity index (χ3v) is 11.6. The first-order valence-electron chi connectivity index (χ1n) is 18.6. The Balaban J connectivity index is 1.37. The lowest BCUT2D eigenvalue weighted by Gasteiger charge is -2.29. The van der Waals surface area contributed by atoms with Gasteiger partial charge in [-0.3, -0.25) is 0 Å². The fourth-order valence-electron chi connectivity index (χ4n) is 8.88. The number of rotatable bonds is 8. The standard InChI is InChI=1S/C46H50O4/c1-29-25-43(49)41(31-9-5-3-6-10-31)27-39(29)46(40-28-42(44(50)26-30(40)2)32-11-7-4-8-12-32)36-15-13-33(14-16-36)45(34-17-21-37(47)22-18-34)35-19-23-38(48)24-20-35/h13-28,31-32,45-50H,3-12H2,1-2H3. The lowest BCUT2D eigenvalue weighted by atomic mass is 9.75. The molecule has 2 saturated carbocycles. The van der Waals surface area contributed by atoms with Gasteiger partial charge in [0.05, 0.1) is 0 Å². The molecule has 50 heavy (non-hydrogen) atoms. The molecule has 4 heteroatoms. The Kier molecular flexibility index (Phi) is 9.90. The third kappa shape index (κ3) is 6.99. The van der Waals surface area contributed by atoms with E-state index in [1.165, 1.54) is 49.7 Å². The molecule has 0 spiro atoms. The van der Waals surface area contributed by atoms with Crippen molar-refractivity contribution in [3.05, 3.63) is 153 Å². The number of aryl methyl sites for hydroxylation is 2. The summed E-state index contributed by atoms with van der Waals surface area (Å²) in [5.41, 5.74) is 11.0. The van der Waals surface area contributed by atoms with Gasteiger partial charge >= 0.3 is 0 Å². The summed E-state index contributed by atoms with van der Waals surface area (Å²) >= 11 is 0. The van der Waals surface area contributed by atoms with Crippen LogP contribution in [0.3, 0.4) is 0 Å². The molecular formula is C46H50O4. The molecule has 0 unspecified atom stereocenters. The molecule has 0 amide bonds. The molecule has 0 radical (unpaired) electrons. The third-order valence-electron chi connectivity index (χ3n) is 11.6. The summed E-state index contributed by atoms with van der Waals surface area (Å²) in [6.07, 6.45) is 11.7. The molecule has 258 valence electrons. The molecule has 5 aromatic rings. The molecule has 0 aromatic heterocycles. The van der Waals surface area contributed by atoms with Crippen LogP contribution in [0.5, 0.6) is 23.0 Å². The lowest BCUT2D eigenvalue weighted by Crippen LogP contribution is -2.12. The second kappa shape index (κ2) is 14.6. The average molecular weight is 667 g/mol. The molecule has 0 heterocycles. The number of aromatic hydroxyl groups is 4. The predicted molar refractivity (Wildman–Crippen MR) is 202 cm³/mol. The fourth-order valence-corrected chi connectivity index (χ4v) is 8.88. The maximum atomic E-state index is 11.3. The van der Waals surface area contributed by atoms with Gasteiger partial charge in [-0.05, 0) is 143 Å². The highest BCUT2D eigenvalue weighted by atomic mass is 16.3. The lowest BCUT2D eigenvalue weighted by molar-refractivity contribution is 0.413. The van der Waals surface area contributed by atoms with Gasteiger partial charge in [-0.1, -0.05) is 99.2 Å². The van der Waals surface area contributed by atoms with Gasteiger partial charge in [-0.15, -0.1) is 0 Å². The summed E-state index contributed by atoms with van der Waals surface area (Å²) in [5.74, 6) is 1.81. The molecule has 4 nitrogen and oxygen atoms in total. The zero-order valence-electron chi connectivity index (χ0n) is 29.4. The van der Waals surface area contributed by atoms with Crippen molar-refractivity contribution in [1.29, 1.82) is 0 Å². The molecule has 0 aliphatic heterocycles. The molecule has 0 bridgehead atoms. The van der Waals surface area contributed by atoms with E-state index >= 15 is 0 Å². The van der Waals surface area contributed by atoms with Gasteiger partial charge in [0.25, 0.3) is 0 Å². The maximum Gasteiger partial charge on any atom is 0.119 e. The summed E-state index contributed by atoms with van der Waals surface area (Å²) in [4.78, 5) is 0. The summed E-state index contributed by atoms with van der Waals surface area (Å²) in [6.45, 7) is 4.23. The first kappa shape index (κ1) is 33.8. The number of hydrogen-bond acceptors (Lipinski definition) is 4. The van der Waals surface area contributed by atoms with Gasteiger partial charge in [0.15, 0.2) is 0 Å². The van der Waals surface area contributed by atoms with Gasteiger partial charge in [-0.2, -0.15) is 0 Å². The highest BCUT2D eigenvalue weighted by molar-refractivity contribution is 5.57. The monoisotopic (exact) mass is 666 g/mol. The van der Waals surface area contributed by atoms with Crippen LogP contribution in [0.2, 0.25) is 0 Å². The minimum atomic E-state index is -0.0923. The number of benzene rings is 5. The largest absolute Gasteiger partial charge is 0.508 e. The van der Waals surface area contributed by atoms with E-state index in [1.54, 1.807) is 24.3 Å². The van der Waals surface area contributed by atoms with Crippen molar-refractivity contribution in [2.45, 2.75) is 102 Å². The van der Waals surface area contributed by atoms with Crippen LogP contribution in [-0.4, -0.2) is 20.4 Å². The number of phenolic OH excluding ortho intramolecular Hbond substituents is 4. The molecule has 4 N–H and O–H groups in total. The van der Waals surface area contributed by atoms with Gasteiger partial charge < -0.3 is 20.4 Å². The Labute approximate surface area is 297 Å². The predicted octanol–water partition coefficient (Wildman–Crippen LogP) is 11.6. The molecule has 2 aliphatic rings. The fraction of sp³-hybridized carbons (Fsp3) is 0.348. The topological polar surface area (TPSA) is 80.9 Å². The van der Waals surface area contributed by atoms with Crippen LogP contribution in [0.25, 0.3) is 0 Å². The van der Waals surface area contributed by atoms with E-state index in [2.05, 4.69) is 50.2 Å². The maximum absolute atomic E-state index is 11.3. The second-order valence-corrected chi connectivity index (χ2v) is 14.9. The van der Waals surface area contributed by atoms with Crippen molar-refractivity contribution < 1.29 is 20.4 Å². The van der Waals surface area contributed by atoms with Crippen molar-refractivity contribution in [2.24, 2.45) is 0 Å². The Morgan fingerprint density at radius 3 is 1.10 bits per heavy atom. The molecule has 5 aromatic carbocycles. The minimum Gasteiger partial charge on any atom is -0.508 e. The zero-order chi connectivity index (χ0) is 34.8. The number of hydrogen-bond donors (Lipinski definition) is 4. The Bertz CT molecular complexity index is 1790. The molecule has 0 saturated heterocycles. The van der Waals surface area contributed by atoms with Gasteiger partial charge in [0.1, 0.15) is 23.0 Å². The van der Waals surface area contributed by atoms with Gasteiger partial charge in [0.2, 0.25) is 0 Å². The molecule has 0 atom stereocenters. The molecule has 2 fully saturated rings. The van der Waals surface area contributed by atoms with Crippen LogP contribution >= 0.6 is 0 Å². The van der Waals surface area contributed by atoms with E-state index in [0.29, 0.717) is 23.3 Å². The SMILES string of the molecule is Cc1cc(O)c(C2CCCCC2)cc1C(c1ccc(C(c2ccc(O)cc2)c2ccc(O)cc2)cc1)c1cc(C2CCCCC2)c(O)cc1C. The van der Waals surface area contributed by atoms with E-state index in [4.69, 9.17) is 0 Å². The highest BCUT2D eigenvalue weighted by Crippen LogP contribution is 2.46. The number of phenols is 4. The molecular weight excluding hydrogens is 617 g/mol. The molecule has 2 aliphatic carbocycles. The van der Waals surface area contributed by atoms with E-state index in [9.17, 15) is 20.4 Å². The summed E-state index contributed by atoms with van der Waals surface area (Å²) in [6, 6.07) is 32.2. The van der Waals surface area contributed by atoms with Crippen molar-refractivity contribution in [2.75, 3.05) is 0 Å². The van der Waals surface area contributed by atoms with Gasteiger partial charge in [0, 0.05) is 11.8 Å².